The number of aryl methyl sites for hydroxylation is 1. The van der Waals surface area contributed by atoms with Crippen LogP contribution in [0.2, 0.25) is 0 Å². The standard InChI is InChI=1S/C28H31F3N4O6S/c1-18(21-9-11-22(12-10-21)27(37)40-2)32-25(36)23-24(28(29,30)31)33-35-14-13-34(26(23)35)17-20-7-4-6-19(16-20)8-5-15-41-42(3,38)39/h4,6-7,9-12,16,18H,5,8,13-15,17H2,1-3H3,(H,32,36)/t18-/m0/s1. The third-order valence-corrected chi connectivity index (χ3v) is 7.35. The zero-order valence-electron chi connectivity index (χ0n) is 23.3. The van der Waals surface area contributed by atoms with E-state index in [9.17, 15) is 31.2 Å². The smallest absolute Gasteiger partial charge is 0.436 e. The second kappa shape index (κ2) is 12.5. The molecule has 0 spiro atoms. The molecular formula is C28H31F3N4O6S. The van der Waals surface area contributed by atoms with Crippen LogP contribution in [0, 0.1) is 0 Å². The monoisotopic (exact) mass is 608 g/mol. The van der Waals surface area contributed by atoms with Crippen LogP contribution in [-0.2, 0) is 44.7 Å². The van der Waals surface area contributed by atoms with Crippen LogP contribution >= 0.6 is 0 Å². The molecule has 0 fully saturated rings. The van der Waals surface area contributed by atoms with Crippen molar-refractivity contribution in [3.05, 3.63) is 82.0 Å². The van der Waals surface area contributed by atoms with Crippen molar-refractivity contribution in [2.45, 2.75) is 45.1 Å². The molecule has 2 aromatic carbocycles. The van der Waals surface area contributed by atoms with E-state index in [-0.39, 0.29) is 25.5 Å². The number of fused-ring (bicyclic) bond motifs is 1. The van der Waals surface area contributed by atoms with E-state index >= 15 is 0 Å². The maximum Gasteiger partial charge on any atom is 0.436 e. The molecule has 0 unspecified atom stereocenters. The van der Waals surface area contributed by atoms with E-state index in [1.807, 2.05) is 24.3 Å². The number of alkyl halides is 3. The van der Waals surface area contributed by atoms with Crippen LogP contribution in [0.15, 0.2) is 48.5 Å². The van der Waals surface area contributed by atoms with Gasteiger partial charge in [-0.15, -0.1) is 0 Å². The van der Waals surface area contributed by atoms with E-state index in [1.54, 1.807) is 24.0 Å². The van der Waals surface area contributed by atoms with Gasteiger partial charge < -0.3 is 15.0 Å². The van der Waals surface area contributed by atoms with Crippen LogP contribution in [-0.4, -0.2) is 56.6 Å². The minimum atomic E-state index is -4.85. The number of anilines is 1. The van der Waals surface area contributed by atoms with Crippen molar-refractivity contribution in [3.63, 3.8) is 0 Å². The molecule has 0 aliphatic carbocycles. The van der Waals surface area contributed by atoms with Crippen molar-refractivity contribution >= 4 is 27.8 Å². The number of nitrogens with zero attached hydrogens (tertiary/aromatic N) is 3. The minimum Gasteiger partial charge on any atom is -0.465 e. The molecule has 1 N–H and O–H groups in total. The highest BCUT2D eigenvalue weighted by Crippen LogP contribution is 2.38. The van der Waals surface area contributed by atoms with Gasteiger partial charge in [-0.1, -0.05) is 36.4 Å². The average Bonchev–Trinajstić information content (AvgIpc) is 3.51. The van der Waals surface area contributed by atoms with Crippen molar-refractivity contribution in [2.24, 2.45) is 0 Å². The van der Waals surface area contributed by atoms with Crippen LogP contribution in [0.1, 0.15) is 62.5 Å². The number of halogens is 3. The summed E-state index contributed by atoms with van der Waals surface area (Å²) in [5.41, 5.74) is 0.808. The number of aromatic nitrogens is 2. The Balaban J connectivity index is 1.54. The first-order valence-corrected chi connectivity index (χ1v) is 14.9. The number of hydrogen-bond acceptors (Lipinski definition) is 8. The fourth-order valence-corrected chi connectivity index (χ4v) is 5.20. The number of rotatable bonds is 11. The first-order chi connectivity index (χ1) is 19.8. The number of amides is 1. The molecule has 42 heavy (non-hydrogen) atoms. The predicted octanol–water partition coefficient (Wildman–Crippen LogP) is 4.11. The number of benzene rings is 2. The van der Waals surface area contributed by atoms with Crippen molar-refractivity contribution < 1.29 is 40.1 Å². The summed E-state index contributed by atoms with van der Waals surface area (Å²) in [5, 5.41) is 6.40. The lowest BCUT2D eigenvalue weighted by atomic mass is 10.0. The fourth-order valence-electron chi connectivity index (χ4n) is 4.78. The summed E-state index contributed by atoms with van der Waals surface area (Å²) < 4.78 is 75.1. The number of methoxy groups -OCH3 is 1. The summed E-state index contributed by atoms with van der Waals surface area (Å²) in [6.07, 6.45) is -2.85. The third kappa shape index (κ3) is 7.48. The van der Waals surface area contributed by atoms with Crippen LogP contribution in [0.5, 0.6) is 0 Å². The Morgan fingerprint density at radius 2 is 1.79 bits per heavy atom. The Morgan fingerprint density at radius 1 is 1.10 bits per heavy atom. The average molecular weight is 609 g/mol. The summed E-state index contributed by atoms with van der Waals surface area (Å²) in [6.45, 7) is 2.45. The Labute approximate surface area is 241 Å². The molecule has 1 aliphatic heterocycles. The summed E-state index contributed by atoms with van der Waals surface area (Å²) >= 11 is 0. The van der Waals surface area contributed by atoms with E-state index in [0.29, 0.717) is 30.5 Å². The molecule has 0 radical (unpaired) electrons. The quantitative estimate of drug-likeness (QED) is 0.196. The normalized spacial score (nSPS) is 14.0. The molecule has 10 nitrogen and oxygen atoms in total. The van der Waals surface area contributed by atoms with Crippen LogP contribution in [0.4, 0.5) is 19.0 Å². The zero-order chi connectivity index (χ0) is 30.7. The summed E-state index contributed by atoms with van der Waals surface area (Å²) in [7, 11) is -2.27. The van der Waals surface area contributed by atoms with Gasteiger partial charge in [0, 0.05) is 13.1 Å². The molecule has 14 heteroatoms. The second-order valence-electron chi connectivity index (χ2n) is 9.95. The van der Waals surface area contributed by atoms with Gasteiger partial charge in [0.05, 0.1) is 38.1 Å². The van der Waals surface area contributed by atoms with E-state index < -0.39 is 45.5 Å². The highest BCUT2D eigenvalue weighted by atomic mass is 32.2. The summed E-state index contributed by atoms with van der Waals surface area (Å²) in [4.78, 5) is 26.8. The van der Waals surface area contributed by atoms with Gasteiger partial charge in [0.25, 0.3) is 16.0 Å². The number of carbonyl (C=O) groups excluding carboxylic acids is 2. The number of ether oxygens (including phenoxy) is 1. The van der Waals surface area contributed by atoms with Crippen LogP contribution in [0.3, 0.4) is 0 Å². The second-order valence-corrected chi connectivity index (χ2v) is 11.6. The summed E-state index contributed by atoms with van der Waals surface area (Å²) in [6, 6.07) is 13.0. The minimum absolute atomic E-state index is 0.0426. The van der Waals surface area contributed by atoms with Crippen molar-refractivity contribution in [2.75, 3.05) is 31.4 Å². The van der Waals surface area contributed by atoms with Crippen molar-refractivity contribution in [1.82, 2.24) is 15.1 Å². The molecule has 1 atom stereocenters. The Bertz CT molecular complexity index is 1550. The molecule has 4 rings (SSSR count). The largest absolute Gasteiger partial charge is 0.465 e. The topological polar surface area (TPSA) is 120 Å². The van der Waals surface area contributed by atoms with E-state index in [2.05, 4.69) is 15.2 Å². The molecule has 0 saturated heterocycles. The van der Waals surface area contributed by atoms with Crippen LogP contribution < -0.4 is 10.2 Å². The molecule has 226 valence electrons. The van der Waals surface area contributed by atoms with Gasteiger partial charge in [0.1, 0.15) is 11.4 Å². The van der Waals surface area contributed by atoms with Gasteiger partial charge in [-0.2, -0.15) is 26.7 Å². The first-order valence-electron chi connectivity index (χ1n) is 13.1. The molecule has 1 aromatic heterocycles. The Kier molecular flexibility index (Phi) is 9.26. The lowest BCUT2D eigenvalue weighted by Gasteiger charge is -2.21. The third-order valence-electron chi connectivity index (χ3n) is 6.75. The maximum absolute atomic E-state index is 14.0. The maximum atomic E-state index is 14.0. The highest BCUT2D eigenvalue weighted by molar-refractivity contribution is 7.85. The highest BCUT2D eigenvalue weighted by Gasteiger charge is 2.44. The molecule has 0 bridgehead atoms. The number of esters is 1. The van der Waals surface area contributed by atoms with Gasteiger partial charge in [0.2, 0.25) is 0 Å². The SMILES string of the molecule is COC(=O)c1ccc([C@H](C)NC(=O)c2c(C(F)(F)F)nn3c2N(Cc2cccc(CCCOS(C)(=O)=O)c2)CC3)cc1. The number of carbonyl (C=O) groups is 2. The van der Waals surface area contributed by atoms with Gasteiger partial charge in [-0.25, -0.2) is 9.48 Å². The van der Waals surface area contributed by atoms with Gasteiger partial charge in [-0.3, -0.25) is 8.98 Å². The lowest BCUT2D eigenvalue weighted by molar-refractivity contribution is -0.141. The first kappa shape index (κ1) is 31.0. The molecule has 2 heterocycles. The summed E-state index contributed by atoms with van der Waals surface area (Å²) in [5.74, 6) is -1.37. The van der Waals surface area contributed by atoms with Gasteiger partial charge in [-0.05, 0) is 48.6 Å². The molecule has 3 aromatic rings. The van der Waals surface area contributed by atoms with Crippen molar-refractivity contribution in [3.8, 4) is 0 Å². The van der Waals surface area contributed by atoms with Gasteiger partial charge in [0.15, 0.2) is 5.69 Å². The zero-order valence-corrected chi connectivity index (χ0v) is 24.1. The molecule has 0 saturated carbocycles. The molecular weight excluding hydrogens is 577 g/mol. The lowest BCUT2D eigenvalue weighted by Crippen LogP contribution is -2.31. The molecule has 1 amide bonds. The van der Waals surface area contributed by atoms with E-state index in [4.69, 9.17) is 4.18 Å². The number of hydrogen-bond donors (Lipinski definition) is 1. The Morgan fingerprint density at radius 3 is 2.43 bits per heavy atom. The van der Waals surface area contributed by atoms with E-state index in [0.717, 1.165) is 17.4 Å². The predicted molar refractivity (Wildman–Crippen MR) is 148 cm³/mol. The Hall–Kier alpha value is -3.91. The fraction of sp³-hybridized carbons (Fsp3) is 0.393. The van der Waals surface area contributed by atoms with E-state index in [1.165, 1.54) is 23.9 Å². The number of nitrogens with one attached hydrogen (secondary N) is 1. The van der Waals surface area contributed by atoms with Crippen LogP contribution in [0.25, 0.3) is 0 Å². The molecule has 1 aliphatic rings. The van der Waals surface area contributed by atoms with Crippen molar-refractivity contribution in [1.29, 1.82) is 0 Å². The van der Waals surface area contributed by atoms with Gasteiger partial charge >= 0.3 is 12.1 Å².